The van der Waals surface area contributed by atoms with Crippen LogP contribution in [0.2, 0.25) is 0 Å². The second-order valence-corrected chi connectivity index (χ2v) is 12.1. The highest BCUT2D eigenvalue weighted by molar-refractivity contribution is 5.98. The maximum Gasteiger partial charge on any atom is 0.349 e. The van der Waals surface area contributed by atoms with Crippen LogP contribution < -0.4 is 16.0 Å². The molecule has 2 aliphatic rings. The summed E-state index contributed by atoms with van der Waals surface area (Å²) < 4.78 is 30.4. The van der Waals surface area contributed by atoms with Gasteiger partial charge in [0.2, 0.25) is 17.7 Å². The number of rotatable bonds is 11. The van der Waals surface area contributed by atoms with Gasteiger partial charge in [-0.3, -0.25) is 19.2 Å². The van der Waals surface area contributed by atoms with E-state index in [4.69, 9.17) is 5.26 Å². The lowest BCUT2D eigenvalue weighted by Crippen LogP contribution is -2.54. The van der Waals surface area contributed by atoms with Gasteiger partial charge in [0.15, 0.2) is 0 Å². The van der Waals surface area contributed by atoms with E-state index in [1.165, 1.54) is 12.1 Å². The van der Waals surface area contributed by atoms with Crippen LogP contribution in [0.3, 0.4) is 0 Å². The molecular weight excluding hydrogens is 594 g/mol. The van der Waals surface area contributed by atoms with Crippen molar-refractivity contribution in [1.29, 1.82) is 5.26 Å². The molecule has 0 aromatic heterocycles. The average molecular weight is 637 g/mol. The Labute approximate surface area is 268 Å². The van der Waals surface area contributed by atoms with Crippen LogP contribution in [-0.2, 0) is 31.5 Å². The standard InChI is InChI=1S/C34H42F2N6O4/c1-3-29(43)39-28(32(45)42-18-16-41(2)17-19-42)21-23-12-14-27(15-13-23)38-31(44)30(25-9-5-4-6-10-25)40-33(46)34(35,36)26-11-7-8-24(20-26)22-37/h7-8,11-15,20,25,28,30H,3-6,9-10,16-19,21H2,1-2H3,(H,38,44)(H,39,43)(H,40,46)/t28-,30+/m1/s1. The number of anilines is 1. The summed E-state index contributed by atoms with van der Waals surface area (Å²) in [6.07, 6.45) is 4.33. The van der Waals surface area contributed by atoms with Gasteiger partial charge in [0.25, 0.3) is 5.91 Å². The van der Waals surface area contributed by atoms with E-state index in [1.807, 2.05) is 7.05 Å². The van der Waals surface area contributed by atoms with E-state index in [0.717, 1.165) is 50.0 Å². The topological polar surface area (TPSA) is 135 Å². The van der Waals surface area contributed by atoms with Crippen LogP contribution in [0.15, 0.2) is 48.5 Å². The molecule has 1 heterocycles. The molecule has 1 saturated carbocycles. The Balaban J connectivity index is 1.46. The minimum atomic E-state index is -3.95. The smallest absolute Gasteiger partial charge is 0.344 e. The summed E-state index contributed by atoms with van der Waals surface area (Å²) in [5, 5.41) is 17.0. The van der Waals surface area contributed by atoms with Crippen molar-refractivity contribution in [3.05, 3.63) is 65.2 Å². The molecule has 2 atom stereocenters. The first kappa shape index (κ1) is 34.5. The number of likely N-dealkylation sites (N-methyl/N-ethyl adjacent to an activating group) is 1. The number of hydrogen-bond acceptors (Lipinski definition) is 6. The Morgan fingerprint density at radius 2 is 1.65 bits per heavy atom. The highest BCUT2D eigenvalue weighted by Gasteiger charge is 2.44. The Kier molecular flexibility index (Phi) is 11.8. The van der Waals surface area contributed by atoms with Crippen molar-refractivity contribution in [2.24, 2.45) is 5.92 Å². The van der Waals surface area contributed by atoms with Gasteiger partial charge >= 0.3 is 5.92 Å². The number of carbonyl (C=O) groups is 4. The first-order valence-corrected chi connectivity index (χ1v) is 15.9. The number of nitriles is 1. The molecule has 4 amide bonds. The minimum absolute atomic E-state index is 0.00208. The minimum Gasteiger partial charge on any atom is -0.344 e. The van der Waals surface area contributed by atoms with Crippen molar-refractivity contribution in [2.75, 3.05) is 38.5 Å². The molecule has 2 fully saturated rings. The fraction of sp³-hybridized carbons (Fsp3) is 0.500. The number of amides is 4. The zero-order chi connectivity index (χ0) is 33.3. The predicted molar refractivity (Wildman–Crippen MR) is 169 cm³/mol. The van der Waals surface area contributed by atoms with Crippen molar-refractivity contribution in [3.8, 4) is 6.07 Å². The van der Waals surface area contributed by atoms with Crippen molar-refractivity contribution in [1.82, 2.24) is 20.4 Å². The summed E-state index contributed by atoms with van der Waals surface area (Å²) in [4.78, 5) is 55.9. The molecule has 0 radical (unpaired) electrons. The fourth-order valence-electron chi connectivity index (χ4n) is 5.94. The zero-order valence-corrected chi connectivity index (χ0v) is 26.4. The van der Waals surface area contributed by atoms with E-state index in [9.17, 15) is 19.2 Å². The van der Waals surface area contributed by atoms with Crippen LogP contribution in [-0.4, -0.2) is 78.7 Å². The van der Waals surface area contributed by atoms with Gasteiger partial charge in [-0.2, -0.15) is 14.0 Å². The summed E-state index contributed by atoms with van der Waals surface area (Å²) in [6, 6.07) is 11.3. The number of piperazine rings is 1. The molecule has 3 N–H and O–H groups in total. The van der Waals surface area contributed by atoms with E-state index >= 15 is 8.78 Å². The maximum atomic E-state index is 15.2. The van der Waals surface area contributed by atoms with Crippen LogP contribution in [0.25, 0.3) is 0 Å². The molecule has 1 aliphatic heterocycles. The number of alkyl halides is 2. The van der Waals surface area contributed by atoms with E-state index in [2.05, 4.69) is 20.9 Å². The first-order chi connectivity index (χ1) is 22.0. The molecule has 0 bridgehead atoms. The molecule has 246 valence electrons. The summed E-state index contributed by atoms with van der Waals surface area (Å²) in [5.41, 5.74) is 0.537. The number of carbonyl (C=O) groups excluding carboxylic acids is 4. The monoisotopic (exact) mass is 636 g/mol. The summed E-state index contributed by atoms with van der Waals surface area (Å²) in [5.74, 6) is -6.85. The highest BCUT2D eigenvalue weighted by Crippen LogP contribution is 2.32. The van der Waals surface area contributed by atoms with Crippen molar-refractivity contribution in [3.63, 3.8) is 0 Å². The van der Waals surface area contributed by atoms with Crippen LogP contribution in [0, 0.1) is 17.2 Å². The van der Waals surface area contributed by atoms with Gasteiger partial charge in [0.1, 0.15) is 12.1 Å². The third-order valence-corrected chi connectivity index (χ3v) is 8.76. The normalized spacial score (nSPS) is 17.3. The summed E-state index contributed by atoms with van der Waals surface area (Å²) >= 11 is 0. The molecule has 4 rings (SSSR count). The maximum absolute atomic E-state index is 15.2. The molecule has 1 aliphatic carbocycles. The van der Waals surface area contributed by atoms with E-state index < -0.39 is 35.4 Å². The lowest BCUT2D eigenvalue weighted by molar-refractivity contribution is -0.149. The molecular formula is C34H42F2N6O4. The van der Waals surface area contributed by atoms with Crippen molar-refractivity contribution < 1.29 is 28.0 Å². The molecule has 0 spiro atoms. The number of hydrogen-bond donors (Lipinski definition) is 3. The Morgan fingerprint density at radius 1 is 0.978 bits per heavy atom. The molecule has 2 aromatic rings. The van der Waals surface area contributed by atoms with Gasteiger partial charge < -0.3 is 25.8 Å². The molecule has 2 aromatic carbocycles. The fourth-order valence-corrected chi connectivity index (χ4v) is 5.94. The average Bonchev–Trinajstić information content (AvgIpc) is 3.07. The number of benzene rings is 2. The van der Waals surface area contributed by atoms with Crippen molar-refractivity contribution >= 4 is 29.3 Å². The zero-order valence-electron chi connectivity index (χ0n) is 26.4. The SMILES string of the molecule is CCC(=O)N[C@H](Cc1ccc(NC(=O)[C@@H](NC(=O)C(F)(F)c2cccc(C#N)c2)C2CCCCC2)cc1)C(=O)N1CCN(C)CC1. The molecule has 12 heteroatoms. The van der Waals surface area contributed by atoms with E-state index in [1.54, 1.807) is 42.2 Å². The lowest BCUT2D eigenvalue weighted by Gasteiger charge is -2.34. The molecule has 1 saturated heterocycles. The largest absolute Gasteiger partial charge is 0.349 e. The van der Waals surface area contributed by atoms with Gasteiger partial charge in [-0.1, -0.05) is 50.5 Å². The second kappa shape index (κ2) is 15.8. The summed E-state index contributed by atoms with van der Waals surface area (Å²) in [6.45, 7) is 4.39. The third kappa shape index (κ3) is 8.88. The van der Waals surface area contributed by atoms with Crippen LogP contribution in [0.4, 0.5) is 14.5 Å². The lowest BCUT2D eigenvalue weighted by atomic mass is 9.83. The highest BCUT2D eigenvalue weighted by atomic mass is 19.3. The third-order valence-electron chi connectivity index (χ3n) is 8.76. The van der Waals surface area contributed by atoms with E-state index in [-0.39, 0.29) is 36.1 Å². The number of halogens is 2. The predicted octanol–water partition coefficient (Wildman–Crippen LogP) is 3.57. The second-order valence-electron chi connectivity index (χ2n) is 12.1. The summed E-state index contributed by atoms with van der Waals surface area (Å²) in [7, 11) is 2.00. The Morgan fingerprint density at radius 3 is 2.28 bits per heavy atom. The van der Waals surface area contributed by atoms with Crippen LogP contribution in [0.5, 0.6) is 0 Å². The first-order valence-electron chi connectivity index (χ1n) is 15.9. The number of nitrogens with one attached hydrogen (secondary N) is 3. The van der Waals surface area contributed by atoms with Crippen LogP contribution in [0.1, 0.15) is 62.1 Å². The molecule has 46 heavy (non-hydrogen) atoms. The Hall–Kier alpha value is -4.37. The van der Waals surface area contributed by atoms with Gasteiger partial charge in [-0.25, -0.2) is 0 Å². The molecule has 10 nitrogen and oxygen atoms in total. The van der Waals surface area contributed by atoms with Gasteiger partial charge in [0, 0.05) is 50.3 Å². The van der Waals surface area contributed by atoms with E-state index in [0.29, 0.717) is 31.6 Å². The van der Waals surface area contributed by atoms with Crippen LogP contribution >= 0.6 is 0 Å². The quantitative estimate of drug-likeness (QED) is 0.345. The van der Waals surface area contributed by atoms with Gasteiger partial charge in [-0.05, 0) is 55.6 Å². The van der Waals surface area contributed by atoms with Crippen molar-refractivity contribution in [2.45, 2.75) is 69.9 Å². The van der Waals surface area contributed by atoms with Gasteiger partial charge in [0.05, 0.1) is 11.6 Å². The molecule has 0 unspecified atom stereocenters. The van der Waals surface area contributed by atoms with Gasteiger partial charge in [-0.15, -0.1) is 0 Å². The Bertz CT molecular complexity index is 1430. The number of nitrogens with zero attached hydrogens (tertiary/aromatic N) is 3.